The molecule has 0 aromatic heterocycles. The summed E-state index contributed by atoms with van der Waals surface area (Å²) in [7, 11) is 0. The second-order valence-electron chi connectivity index (χ2n) is 8.00. The van der Waals surface area contributed by atoms with Crippen molar-refractivity contribution in [3.63, 3.8) is 0 Å². The number of carboxylic acid groups (broad SMARTS) is 1. The molecular weight excluding hydrogens is 373 g/mol. The number of hydrogen-bond acceptors (Lipinski definition) is 3. The maximum atomic E-state index is 14.5. The van der Waals surface area contributed by atoms with Crippen LogP contribution in [0.15, 0.2) is 24.3 Å². The van der Waals surface area contributed by atoms with E-state index in [0.29, 0.717) is 30.4 Å². The summed E-state index contributed by atoms with van der Waals surface area (Å²) in [4.78, 5) is 11.4. The third-order valence-electron chi connectivity index (χ3n) is 5.37. The molecule has 0 amide bonds. The summed E-state index contributed by atoms with van der Waals surface area (Å²) in [5, 5.41) is 9.30. The minimum atomic E-state index is -1.21. The summed E-state index contributed by atoms with van der Waals surface area (Å²) in [5.41, 5.74) is -0.493. The Morgan fingerprint density at radius 3 is 2.36 bits per heavy atom. The lowest BCUT2D eigenvalue weighted by atomic mass is 9.95. The van der Waals surface area contributed by atoms with Gasteiger partial charge in [-0.25, -0.2) is 13.2 Å². The first-order chi connectivity index (χ1) is 13.1. The van der Waals surface area contributed by atoms with E-state index in [1.54, 1.807) is 0 Å². The maximum absolute atomic E-state index is 14.5. The first kappa shape index (κ1) is 18.7. The van der Waals surface area contributed by atoms with Gasteiger partial charge in [-0.3, -0.25) is 4.79 Å². The standard InChI is InChI=1S/C21H19F3O4/c1-20(2)9-13-11(3-4-14(22)17(13)28-20)10-27-18-15(23)7-12(8-16(18)24)21(5-6-21)19(25)26/h3-4,7-8H,5-6,9-10H2,1-2H3,(H,25,26). The molecule has 1 aliphatic carbocycles. The normalized spacial score (nSPS) is 18.3. The van der Waals surface area contributed by atoms with E-state index in [1.807, 2.05) is 13.8 Å². The van der Waals surface area contributed by atoms with Gasteiger partial charge in [0.1, 0.15) is 12.2 Å². The summed E-state index contributed by atoms with van der Waals surface area (Å²) in [6.45, 7) is 3.48. The second kappa shape index (κ2) is 6.15. The first-order valence-electron chi connectivity index (χ1n) is 8.98. The molecule has 0 bridgehead atoms. The number of benzene rings is 2. The molecule has 28 heavy (non-hydrogen) atoms. The lowest BCUT2D eigenvalue weighted by molar-refractivity contribution is -0.140. The van der Waals surface area contributed by atoms with Gasteiger partial charge in [-0.2, -0.15) is 0 Å². The van der Waals surface area contributed by atoms with Gasteiger partial charge in [-0.1, -0.05) is 6.07 Å². The van der Waals surface area contributed by atoms with Crippen LogP contribution in [0.5, 0.6) is 11.5 Å². The average molecular weight is 392 g/mol. The SMILES string of the molecule is CC1(C)Cc2c(COc3c(F)cc(C4(C(=O)O)CC4)cc3F)ccc(F)c2O1. The molecule has 0 unspecified atom stereocenters. The fourth-order valence-electron chi connectivity index (χ4n) is 3.69. The smallest absolute Gasteiger partial charge is 0.314 e. The molecule has 0 saturated heterocycles. The number of hydrogen-bond donors (Lipinski definition) is 1. The van der Waals surface area contributed by atoms with Crippen LogP contribution >= 0.6 is 0 Å². The largest absolute Gasteiger partial charge is 0.484 e. The highest BCUT2D eigenvalue weighted by molar-refractivity contribution is 5.85. The molecule has 1 fully saturated rings. The Kier molecular flexibility index (Phi) is 4.10. The van der Waals surface area contributed by atoms with E-state index >= 15 is 0 Å². The van der Waals surface area contributed by atoms with Crippen molar-refractivity contribution < 1.29 is 32.5 Å². The number of ether oxygens (including phenoxy) is 2. The number of rotatable bonds is 5. The van der Waals surface area contributed by atoms with Crippen molar-refractivity contribution in [2.24, 2.45) is 0 Å². The van der Waals surface area contributed by atoms with Crippen LogP contribution in [-0.4, -0.2) is 16.7 Å². The molecule has 1 saturated carbocycles. The summed E-state index contributed by atoms with van der Waals surface area (Å²) >= 11 is 0. The lowest BCUT2D eigenvalue weighted by Gasteiger charge is -2.16. The predicted octanol–water partition coefficient (Wildman–Crippen LogP) is 4.51. The van der Waals surface area contributed by atoms with Crippen LogP contribution in [0.3, 0.4) is 0 Å². The third-order valence-corrected chi connectivity index (χ3v) is 5.37. The van der Waals surface area contributed by atoms with Gasteiger partial charge < -0.3 is 14.6 Å². The summed E-state index contributed by atoms with van der Waals surface area (Å²) < 4.78 is 53.9. The van der Waals surface area contributed by atoms with Gasteiger partial charge in [0.2, 0.25) is 0 Å². The Balaban J connectivity index is 1.59. The molecule has 1 heterocycles. The van der Waals surface area contributed by atoms with E-state index in [2.05, 4.69) is 0 Å². The summed E-state index contributed by atoms with van der Waals surface area (Å²) in [6.07, 6.45) is 1.14. The zero-order valence-electron chi connectivity index (χ0n) is 15.4. The van der Waals surface area contributed by atoms with E-state index in [1.165, 1.54) is 12.1 Å². The quantitative estimate of drug-likeness (QED) is 0.813. The molecule has 1 N–H and O–H groups in total. The highest BCUT2D eigenvalue weighted by atomic mass is 19.1. The van der Waals surface area contributed by atoms with Gasteiger partial charge in [0, 0.05) is 12.0 Å². The molecule has 2 aliphatic rings. The van der Waals surface area contributed by atoms with Crippen molar-refractivity contribution in [1.82, 2.24) is 0 Å². The average Bonchev–Trinajstić information content (AvgIpc) is 3.34. The van der Waals surface area contributed by atoms with Gasteiger partial charge in [-0.05, 0) is 56.0 Å². The van der Waals surface area contributed by atoms with Gasteiger partial charge in [-0.15, -0.1) is 0 Å². The van der Waals surface area contributed by atoms with Crippen molar-refractivity contribution in [2.45, 2.75) is 50.7 Å². The van der Waals surface area contributed by atoms with Gasteiger partial charge in [0.25, 0.3) is 0 Å². The number of fused-ring (bicyclic) bond motifs is 1. The Morgan fingerprint density at radius 2 is 1.79 bits per heavy atom. The molecule has 1 aliphatic heterocycles. The van der Waals surface area contributed by atoms with E-state index in [9.17, 15) is 23.1 Å². The van der Waals surface area contributed by atoms with Crippen LogP contribution in [0.25, 0.3) is 0 Å². The lowest BCUT2D eigenvalue weighted by Crippen LogP contribution is -2.25. The number of aliphatic carboxylic acids is 1. The zero-order chi connectivity index (χ0) is 20.3. The highest BCUT2D eigenvalue weighted by Gasteiger charge is 2.52. The molecule has 4 rings (SSSR count). The van der Waals surface area contributed by atoms with Crippen LogP contribution in [-0.2, 0) is 23.2 Å². The van der Waals surface area contributed by atoms with Crippen molar-refractivity contribution in [3.05, 3.63) is 58.4 Å². The Labute approximate surface area is 159 Å². The summed E-state index contributed by atoms with van der Waals surface area (Å²) in [6, 6.07) is 4.77. The minimum Gasteiger partial charge on any atom is -0.484 e. The van der Waals surface area contributed by atoms with E-state index in [4.69, 9.17) is 9.47 Å². The monoisotopic (exact) mass is 392 g/mol. The van der Waals surface area contributed by atoms with E-state index < -0.39 is 40.2 Å². The summed E-state index contributed by atoms with van der Waals surface area (Å²) in [5.74, 6) is -3.95. The van der Waals surface area contributed by atoms with Crippen LogP contribution < -0.4 is 9.47 Å². The minimum absolute atomic E-state index is 0.0974. The molecular formula is C21H19F3O4. The van der Waals surface area contributed by atoms with Crippen molar-refractivity contribution in [3.8, 4) is 11.5 Å². The Hall–Kier alpha value is -2.70. The van der Waals surface area contributed by atoms with Gasteiger partial charge in [0.15, 0.2) is 29.0 Å². The second-order valence-corrected chi connectivity index (χ2v) is 8.00. The number of carboxylic acids is 1. The molecule has 7 heteroatoms. The molecule has 2 aromatic rings. The maximum Gasteiger partial charge on any atom is 0.314 e. The van der Waals surface area contributed by atoms with Crippen molar-refractivity contribution in [2.75, 3.05) is 0 Å². The number of halogens is 3. The van der Waals surface area contributed by atoms with Gasteiger partial charge >= 0.3 is 5.97 Å². The molecule has 2 aromatic carbocycles. The molecule has 148 valence electrons. The van der Waals surface area contributed by atoms with Crippen LogP contribution in [0.2, 0.25) is 0 Å². The molecule has 0 spiro atoms. The van der Waals surface area contributed by atoms with E-state index in [0.717, 1.165) is 12.1 Å². The molecule has 4 nitrogen and oxygen atoms in total. The van der Waals surface area contributed by atoms with Crippen LogP contribution in [0, 0.1) is 17.5 Å². The fourth-order valence-corrected chi connectivity index (χ4v) is 3.69. The van der Waals surface area contributed by atoms with Crippen molar-refractivity contribution >= 4 is 5.97 Å². The number of carbonyl (C=O) groups is 1. The first-order valence-corrected chi connectivity index (χ1v) is 8.98. The van der Waals surface area contributed by atoms with Gasteiger partial charge in [0.05, 0.1) is 5.41 Å². The third kappa shape index (κ3) is 2.99. The Morgan fingerprint density at radius 1 is 1.14 bits per heavy atom. The zero-order valence-corrected chi connectivity index (χ0v) is 15.4. The Bertz CT molecular complexity index is 957. The van der Waals surface area contributed by atoms with E-state index in [-0.39, 0.29) is 17.9 Å². The van der Waals surface area contributed by atoms with Crippen molar-refractivity contribution in [1.29, 1.82) is 0 Å². The van der Waals surface area contributed by atoms with Crippen LogP contribution in [0.4, 0.5) is 13.2 Å². The highest BCUT2D eigenvalue weighted by Crippen LogP contribution is 2.49. The topological polar surface area (TPSA) is 55.8 Å². The molecule has 0 radical (unpaired) electrons. The van der Waals surface area contributed by atoms with Crippen LogP contribution in [0.1, 0.15) is 43.4 Å². The fraction of sp³-hybridized carbons (Fsp3) is 0.381. The molecule has 0 atom stereocenters. The predicted molar refractivity (Wildman–Crippen MR) is 94.0 cm³/mol.